The van der Waals surface area contributed by atoms with Gasteiger partial charge in [-0.05, 0) is 18.2 Å². The minimum absolute atomic E-state index is 0.737. The molecule has 1 aromatic carbocycles. The molecule has 3 rings (SSSR count). The molecule has 0 aliphatic carbocycles. The topological polar surface area (TPSA) is 51.8 Å². The molecule has 0 radical (unpaired) electrons. The smallest absolute Gasteiger partial charge is 0.176 e. The van der Waals surface area contributed by atoms with Crippen molar-refractivity contribution in [1.82, 2.24) is 15.4 Å². The summed E-state index contributed by atoms with van der Waals surface area (Å²) in [4.78, 5) is 0. The predicted molar refractivity (Wildman–Crippen MR) is 55.0 cm³/mol. The number of hydrogen-bond donors (Lipinski definition) is 0. The Morgan fingerprint density at radius 1 is 1.00 bits per heavy atom. The molecule has 4 nitrogen and oxygen atoms in total. The van der Waals surface area contributed by atoms with E-state index in [2.05, 4.69) is 15.4 Å². The van der Waals surface area contributed by atoms with E-state index in [1.54, 1.807) is 12.4 Å². The van der Waals surface area contributed by atoms with Crippen LogP contribution in [-0.2, 0) is 0 Å². The number of hydrogen-bond acceptors (Lipinski definition) is 4. The largest absolute Gasteiger partial charge is 0.355 e. The van der Waals surface area contributed by atoms with E-state index in [1.807, 2.05) is 30.3 Å². The highest BCUT2D eigenvalue weighted by Crippen LogP contribution is 2.27. The second-order valence-electron chi connectivity index (χ2n) is 3.16. The van der Waals surface area contributed by atoms with E-state index in [1.165, 1.54) is 0 Å². The summed E-state index contributed by atoms with van der Waals surface area (Å²) in [6.07, 6.45) is 3.29. The van der Waals surface area contributed by atoms with Crippen molar-refractivity contribution in [2.75, 3.05) is 0 Å². The van der Waals surface area contributed by atoms with Gasteiger partial charge in [-0.15, -0.1) is 0 Å². The lowest BCUT2D eigenvalue weighted by molar-refractivity contribution is 0.440. The van der Waals surface area contributed by atoms with E-state index < -0.39 is 0 Å². The Bertz CT molecular complexity index is 589. The second-order valence-corrected chi connectivity index (χ2v) is 3.16. The molecule has 0 saturated heterocycles. The van der Waals surface area contributed by atoms with Gasteiger partial charge in [0.25, 0.3) is 0 Å². The quantitative estimate of drug-likeness (QED) is 0.600. The Labute approximate surface area is 85.5 Å². The zero-order valence-corrected chi connectivity index (χ0v) is 7.79. The molecule has 0 aliphatic rings. The molecule has 2 heterocycles. The van der Waals surface area contributed by atoms with Crippen LogP contribution < -0.4 is 0 Å². The third kappa shape index (κ3) is 1.27. The van der Waals surface area contributed by atoms with Gasteiger partial charge in [0.1, 0.15) is 5.52 Å². The van der Waals surface area contributed by atoms with E-state index in [-0.39, 0.29) is 0 Å². The van der Waals surface area contributed by atoms with Crippen molar-refractivity contribution in [1.29, 1.82) is 0 Å². The molecule has 72 valence electrons. The zero-order valence-electron chi connectivity index (χ0n) is 7.79. The summed E-state index contributed by atoms with van der Waals surface area (Å²) in [5.74, 6) is 0.737. The van der Waals surface area contributed by atoms with Crippen LogP contribution in [0.25, 0.3) is 22.2 Å². The first-order valence-electron chi connectivity index (χ1n) is 4.56. The van der Waals surface area contributed by atoms with Crippen LogP contribution in [0.2, 0.25) is 0 Å². The summed E-state index contributed by atoms with van der Waals surface area (Å²) in [6, 6.07) is 9.62. The molecule has 0 fully saturated rings. The molecule has 15 heavy (non-hydrogen) atoms. The fraction of sp³-hybridized carbons (Fsp3) is 0. The van der Waals surface area contributed by atoms with Crippen molar-refractivity contribution in [3.63, 3.8) is 0 Å². The Morgan fingerprint density at radius 3 is 2.80 bits per heavy atom. The van der Waals surface area contributed by atoms with Gasteiger partial charge in [0.15, 0.2) is 5.76 Å². The van der Waals surface area contributed by atoms with Gasteiger partial charge in [-0.1, -0.05) is 17.3 Å². The highest BCUT2D eigenvalue weighted by molar-refractivity contribution is 5.91. The van der Waals surface area contributed by atoms with Crippen LogP contribution in [-0.4, -0.2) is 15.4 Å². The first-order valence-corrected chi connectivity index (χ1v) is 4.56. The average molecular weight is 197 g/mol. The van der Waals surface area contributed by atoms with Crippen LogP contribution in [0.15, 0.2) is 47.2 Å². The van der Waals surface area contributed by atoms with Gasteiger partial charge in [0, 0.05) is 10.9 Å². The molecule has 0 spiro atoms. The Kier molecular flexibility index (Phi) is 1.71. The molecule has 0 bridgehead atoms. The number of rotatable bonds is 1. The fourth-order valence-electron chi connectivity index (χ4n) is 1.52. The minimum atomic E-state index is 0.737. The Hall–Kier alpha value is -2.23. The van der Waals surface area contributed by atoms with Crippen LogP contribution in [0, 0.1) is 0 Å². The maximum absolute atomic E-state index is 5.28. The fourth-order valence-corrected chi connectivity index (χ4v) is 1.52. The molecule has 0 unspecified atom stereocenters. The van der Waals surface area contributed by atoms with Crippen molar-refractivity contribution >= 4 is 10.9 Å². The van der Waals surface area contributed by atoms with E-state index >= 15 is 0 Å². The third-order valence-corrected chi connectivity index (χ3v) is 2.23. The van der Waals surface area contributed by atoms with E-state index in [9.17, 15) is 0 Å². The third-order valence-electron chi connectivity index (χ3n) is 2.23. The Balaban J connectivity index is 2.28. The van der Waals surface area contributed by atoms with Gasteiger partial charge >= 0.3 is 0 Å². The van der Waals surface area contributed by atoms with Gasteiger partial charge in [0.05, 0.1) is 12.4 Å². The first-order chi connectivity index (χ1) is 7.45. The molecule has 0 atom stereocenters. The monoisotopic (exact) mass is 197 g/mol. The number of nitrogens with zero attached hydrogens (tertiary/aromatic N) is 3. The van der Waals surface area contributed by atoms with Crippen LogP contribution in [0.4, 0.5) is 0 Å². The Morgan fingerprint density at radius 2 is 1.93 bits per heavy atom. The van der Waals surface area contributed by atoms with Crippen molar-refractivity contribution in [2.45, 2.75) is 0 Å². The van der Waals surface area contributed by atoms with Crippen LogP contribution in [0.3, 0.4) is 0 Å². The summed E-state index contributed by atoms with van der Waals surface area (Å²) in [5, 5.41) is 12.5. The average Bonchev–Trinajstić information content (AvgIpc) is 2.74. The lowest BCUT2D eigenvalue weighted by Gasteiger charge is -1.93. The number of aromatic nitrogens is 3. The molecule has 0 amide bonds. The van der Waals surface area contributed by atoms with Crippen LogP contribution in [0.1, 0.15) is 0 Å². The molecular weight excluding hydrogens is 190 g/mol. The first kappa shape index (κ1) is 8.11. The molecule has 4 heteroatoms. The highest BCUT2D eigenvalue weighted by atomic mass is 16.5. The maximum atomic E-state index is 5.28. The van der Waals surface area contributed by atoms with Crippen molar-refractivity contribution in [2.24, 2.45) is 0 Å². The second kappa shape index (κ2) is 3.16. The van der Waals surface area contributed by atoms with Gasteiger partial charge in [-0.25, -0.2) is 0 Å². The van der Waals surface area contributed by atoms with E-state index in [0.29, 0.717) is 0 Å². The summed E-state index contributed by atoms with van der Waals surface area (Å²) in [7, 11) is 0. The van der Waals surface area contributed by atoms with Crippen LogP contribution >= 0.6 is 0 Å². The molecular formula is C11H7N3O. The highest BCUT2D eigenvalue weighted by Gasteiger charge is 2.09. The summed E-state index contributed by atoms with van der Waals surface area (Å²) < 4.78 is 5.28. The van der Waals surface area contributed by atoms with E-state index in [4.69, 9.17) is 4.52 Å². The van der Waals surface area contributed by atoms with Crippen LogP contribution in [0.5, 0.6) is 0 Å². The molecule has 3 aromatic rings. The normalized spacial score (nSPS) is 10.7. The molecule has 0 aliphatic heterocycles. The van der Waals surface area contributed by atoms with Crippen molar-refractivity contribution in [3.8, 4) is 11.3 Å². The number of benzene rings is 1. The standard InChI is InChI=1S/C11H7N3O/c1-2-4-10-9(3-1)11(15-14-10)8-5-6-12-13-7-8/h1-7H. The van der Waals surface area contributed by atoms with Crippen molar-refractivity contribution < 1.29 is 4.52 Å². The molecule has 0 N–H and O–H groups in total. The lowest BCUT2D eigenvalue weighted by Crippen LogP contribution is -1.80. The molecule has 0 saturated carbocycles. The number of fused-ring (bicyclic) bond motifs is 1. The van der Waals surface area contributed by atoms with E-state index in [0.717, 1.165) is 22.2 Å². The predicted octanol–water partition coefficient (Wildman–Crippen LogP) is 2.28. The zero-order chi connectivity index (χ0) is 10.1. The van der Waals surface area contributed by atoms with Gasteiger partial charge in [-0.2, -0.15) is 10.2 Å². The summed E-state index contributed by atoms with van der Waals surface area (Å²) in [5.41, 5.74) is 1.74. The van der Waals surface area contributed by atoms with Gasteiger partial charge in [-0.3, -0.25) is 0 Å². The van der Waals surface area contributed by atoms with Gasteiger partial charge < -0.3 is 4.52 Å². The minimum Gasteiger partial charge on any atom is -0.355 e. The van der Waals surface area contributed by atoms with Gasteiger partial charge in [0.2, 0.25) is 0 Å². The summed E-state index contributed by atoms with van der Waals surface area (Å²) >= 11 is 0. The molecule has 2 aromatic heterocycles. The maximum Gasteiger partial charge on any atom is 0.176 e. The SMILES string of the molecule is c1ccc2c(-c3ccnnc3)onc2c1. The summed E-state index contributed by atoms with van der Waals surface area (Å²) in [6.45, 7) is 0. The lowest BCUT2D eigenvalue weighted by atomic mass is 10.1. The van der Waals surface area contributed by atoms with Crippen molar-refractivity contribution in [3.05, 3.63) is 42.7 Å².